The summed E-state index contributed by atoms with van der Waals surface area (Å²) < 4.78 is 1.98. The summed E-state index contributed by atoms with van der Waals surface area (Å²) in [5, 5.41) is 9.55. The van der Waals surface area contributed by atoms with Crippen molar-refractivity contribution in [3.05, 3.63) is 106 Å². The molecule has 34 heavy (non-hydrogen) atoms. The van der Waals surface area contributed by atoms with Crippen molar-refractivity contribution in [2.75, 3.05) is 0 Å². The number of benzene rings is 2. The SMILES string of the molecule is C=[n+]1ccc(=C2C=C[N-]c3sc(CC(C)C)cc32)cc1-c1cc(C(C)(C)C)c2ccccc2c1. The number of fused-ring (bicyclic) bond motifs is 2. The van der Waals surface area contributed by atoms with Crippen molar-refractivity contribution >= 4 is 32.7 Å². The second-order valence-electron chi connectivity index (χ2n) is 10.7. The van der Waals surface area contributed by atoms with Crippen molar-refractivity contribution in [3.8, 4) is 11.3 Å². The van der Waals surface area contributed by atoms with Crippen LogP contribution < -0.4 is 9.46 Å². The van der Waals surface area contributed by atoms with E-state index in [1.165, 1.54) is 43.1 Å². The first-order valence-electron chi connectivity index (χ1n) is 12.0. The molecule has 0 amide bonds. The average molecular weight is 465 g/mol. The van der Waals surface area contributed by atoms with Gasteiger partial charge in [-0.2, -0.15) is 21.8 Å². The first-order chi connectivity index (χ1) is 16.2. The van der Waals surface area contributed by atoms with Crippen molar-refractivity contribution in [2.45, 2.75) is 46.5 Å². The number of aromatic nitrogens is 1. The lowest BCUT2D eigenvalue weighted by Gasteiger charge is -2.23. The molecule has 2 aromatic heterocycles. The molecular formula is C31H32N2S. The summed E-state index contributed by atoms with van der Waals surface area (Å²) in [7, 11) is 0. The molecule has 3 heterocycles. The molecule has 2 nitrogen and oxygen atoms in total. The van der Waals surface area contributed by atoms with Crippen LogP contribution in [0.25, 0.3) is 32.9 Å². The lowest BCUT2D eigenvalue weighted by Crippen LogP contribution is -2.22. The van der Waals surface area contributed by atoms with Gasteiger partial charge in [0.2, 0.25) is 5.69 Å². The van der Waals surface area contributed by atoms with E-state index >= 15 is 0 Å². The molecule has 4 aromatic rings. The zero-order chi connectivity index (χ0) is 24.0. The van der Waals surface area contributed by atoms with Gasteiger partial charge in [-0.3, -0.25) is 0 Å². The molecule has 1 aliphatic heterocycles. The maximum atomic E-state index is 4.67. The van der Waals surface area contributed by atoms with Crippen molar-refractivity contribution in [3.63, 3.8) is 0 Å². The summed E-state index contributed by atoms with van der Waals surface area (Å²) in [4.78, 5) is 1.40. The maximum absolute atomic E-state index is 4.67. The minimum atomic E-state index is 0.0416. The van der Waals surface area contributed by atoms with Gasteiger partial charge in [0.15, 0.2) is 6.20 Å². The van der Waals surface area contributed by atoms with Crippen molar-refractivity contribution in [1.29, 1.82) is 0 Å². The second kappa shape index (κ2) is 8.56. The van der Waals surface area contributed by atoms with E-state index in [4.69, 9.17) is 0 Å². The normalized spacial score (nSPS) is 15.0. The third-order valence-electron chi connectivity index (χ3n) is 6.41. The standard InChI is InChI=1S/C31H32N2S/c1-20(2)15-24-19-27-25(11-13-32-30(27)34-24)22-12-14-33(6)29(18-22)23-16-21-9-7-8-10-26(21)28(17-23)31(3,4)5/h7-14,16-20H,6,15H2,1-5H3. The van der Waals surface area contributed by atoms with Gasteiger partial charge in [0.05, 0.1) is 0 Å². The number of nitrogens with zero attached hydrogens (tertiary/aromatic N) is 2. The Balaban J connectivity index is 1.72. The lowest BCUT2D eigenvalue weighted by atomic mass is 9.82. The van der Waals surface area contributed by atoms with Gasteiger partial charge in [-0.15, -0.1) is 0 Å². The van der Waals surface area contributed by atoms with Gasteiger partial charge >= 0.3 is 0 Å². The van der Waals surface area contributed by atoms with Crippen LogP contribution in [0.4, 0.5) is 5.00 Å². The largest absolute Gasteiger partial charge is 0.655 e. The number of rotatable bonds is 3. The van der Waals surface area contributed by atoms with Gasteiger partial charge in [0, 0.05) is 22.6 Å². The number of hydrogen-bond donors (Lipinski definition) is 0. The smallest absolute Gasteiger partial charge is 0.217 e. The summed E-state index contributed by atoms with van der Waals surface area (Å²) in [5.74, 6) is 0.634. The molecule has 0 fully saturated rings. The van der Waals surface area contributed by atoms with Crippen LogP contribution in [-0.2, 0) is 11.8 Å². The van der Waals surface area contributed by atoms with Gasteiger partial charge in [-0.25, -0.2) is 0 Å². The molecule has 0 spiro atoms. The third kappa shape index (κ3) is 4.21. The summed E-state index contributed by atoms with van der Waals surface area (Å²) in [5.41, 5.74) is 6.17. The van der Waals surface area contributed by atoms with E-state index in [0.29, 0.717) is 5.92 Å². The van der Waals surface area contributed by atoms with Crippen LogP contribution in [0.15, 0.2) is 73.1 Å². The van der Waals surface area contributed by atoms with E-state index in [0.717, 1.165) is 17.1 Å². The predicted molar refractivity (Wildman–Crippen MR) is 146 cm³/mol. The highest BCUT2D eigenvalue weighted by molar-refractivity contribution is 7.16. The average Bonchev–Trinajstić information content (AvgIpc) is 3.20. The van der Waals surface area contributed by atoms with Gasteiger partial charge in [0.1, 0.15) is 6.72 Å². The van der Waals surface area contributed by atoms with Crippen LogP contribution in [0, 0.1) is 12.6 Å². The number of allylic oxidation sites excluding steroid dienone is 1. The Hall–Kier alpha value is -3.17. The molecule has 0 saturated carbocycles. The van der Waals surface area contributed by atoms with Crippen LogP contribution >= 0.6 is 11.3 Å². The fraction of sp³-hybridized carbons (Fsp3) is 0.258. The first-order valence-corrected chi connectivity index (χ1v) is 12.8. The van der Waals surface area contributed by atoms with E-state index in [-0.39, 0.29) is 5.41 Å². The first kappa shape index (κ1) is 22.6. The van der Waals surface area contributed by atoms with Crippen molar-refractivity contribution < 1.29 is 4.24 Å². The lowest BCUT2D eigenvalue weighted by molar-refractivity contribution is -0.486. The number of hydrogen-bond acceptors (Lipinski definition) is 1. The topological polar surface area (TPSA) is 20.0 Å². The molecule has 0 radical (unpaired) electrons. The van der Waals surface area contributed by atoms with E-state index in [1.54, 1.807) is 0 Å². The Morgan fingerprint density at radius 3 is 2.59 bits per heavy atom. The van der Waals surface area contributed by atoms with Crippen molar-refractivity contribution in [2.24, 2.45) is 5.92 Å². The van der Waals surface area contributed by atoms with E-state index in [9.17, 15) is 0 Å². The molecule has 0 saturated heterocycles. The minimum Gasteiger partial charge on any atom is -0.655 e. The molecule has 3 heteroatoms. The van der Waals surface area contributed by atoms with Gasteiger partial charge in [-0.1, -0.05) is 70.0 Å². The predicted octanol–water partition coefficient (Wildman–Crippen LogP) is 7.72. The van der Waals surface area contributed by atoms with Gasteiger partial charge in [-0.05, 0) is 68.6 Å². The summed E-state index contributed by atoms with van der Waals surface area (Å²) in [6, 6.07) is 20.1. The second-order valence-corrected chi connectivity index (χ2v) is 11.8. The van der Waals surface area contributed by atoms with E-state index in [1.807, 2.05) is 21.8 Å². The Morgan fingerprint density at radius 1 is 1.03 bits per heavy atom. The van der Waals surface area contributed by atoms with E-state index in [2.05, 4.69) is 114 Å². The Morgan fingerprint density at radius 2 is 1.82 bits per heavy atom. The van der Waals surface area contributed by atoms with Crippen molar-refractivity contribution in [1.82, 2.24) is 0 Å². The molecule has 0 atom stereocenters. The Labute approximate surface area is 206 Å². The fourth-order valence-electron chi connectivity index (χ4n) is 4.77. The molecule has 2 aromatic carbocycles. The van der Waals surface area contributed by atoms with Gasteiger partial charge < -0.3 is 5.32 Å². The highest BCUT2D eigenvalue weighted by Crippen LogP contribution is 2.42. The fourth-order valence-corrected chi connectivity index (χ4v) is 6.00. The Kier molecular flexibility index (Phi) is 5.69. The quantitative estimate of drug-likeness (QED) is 0.277. The third-order valence-corrected chi connectivity index (χ3v) is 7.47. The highest BCUT2D eigenvalue weighted by atomic mass is 32.1. The molecule has 0 aliphatic carbocycles. The Bertz CT molecular complexity index is 1530. The van der Waals surface area contributed by atoms with E-state index < -0.39 is 0 Å². The van der Waals surface area contributed by atoms with Crippen LogP contribution in [0.1, 0.15) is 50.6 Å². The molecule has 5 rings (SSSR count). The molecule has 0 bridgehead atoms. The summed E-state index contributed by atoms with van der Waals surface area (Å²) in [6.07, 6.45) is 7.24. The van der Waals surface area contributed by atoms with Gasteiger partial charge in [0.25, 0.3) is 0 Å². The number of pyridine rings is 1. The zero-order valence-electron chi connectivity index (χ0n) is 20.7. The number of thiophene rings is 1. The highest BCUT2D eigenvalue weighted by Gasteiger charge is 2.20. The molecule has 172 valence electrons. The van der Waals surface area contributed by atoms with Crippen LogP contribution in [0.3, 0.4) is 0 Å². The molecular weight excluding hydrogens is 432 g/mol. The summed E-state index contributed by atoms with van der Waals surface area (Å²) in [6.45, 7) is 15.7. The maximum Gasteiger partial charge on any atom is 0.217 e. The monoisotopic (exact) mass is 464 g/mol. The molecule has 0 N–H and O–H groups in total. The van der Waals surface area contributed by atoms with Crippen LogP contribution in [-0.4, -0.2) is 0 Å². The molecule has 1 aliphatic rings. The van der Waals surface area contributed by atoms with Crippen LogP contribution in [0.2, 0.25) is 0 Å². The zero-order valence-corrected chi connectivity index (χ0v) is 21.5. The summed E-state index contributed by atoms with van der Waals surface area (Å²) >= 11 is 1.82. The van der Waals surface area contributed by atoms with Crippen LogP contribution in [0.5, 0.6) is 0 Å². The molecule has 0 unspecified atom stereocenters. The minimum absolute atomic E-state index is 0.0416.